The SMILES string of the molecule is CC(n1cc(-c2cncc(N3CC4(COC4)C3)n2)nn1)n1ccc(Cl)cc1=O. The maximum atomic E-state index is 12.2. The Hall–Kier alpha value is -2.78. The van der Waals surface area contributed by atoms with E-state index in [1.165, 1.54) is 10.6 Å². The van der Waals surface area contributed by atoms with Crippen molar-refractivity contribution >= 4 is 17.4 Å². The number of hydrogen-bond donors (Lipinski definition) is 0. The molecule has 2 aliphatic rings. The van der Waals surface area contributed by atoms with Crippen molar-refractivity contribution in [1.82, 2.24) is 29.5 Å². The van der Waals surface area contributed by atoms with Crippen LogP contribution in [0.1, 0.15) is 13.1 Å². The fraction of sp³-hybridized carbons (Fsp3) is 0.389. The Kier molecular flexibility index (Phi) is 3.95. The van der Waals surface area contributed by atoms with E-state index >= 15 is 0 Å². The van der Waals surface area contributed by atoms with Crippen LogP contribution in [0.25, 0.3) is 11.4 Å². The minimum atomic E-state index is -0.351. The Bertz CT molecular complexity index is 1080. The number of hydrogen-bond acceptors (Lipinski definition) is 7. The monoisotopic (exact) mass is 399 g/mol. The lowest BCUT2D eigenvalue weighted by atomic mass is 9.78. The molecular formula is C18H18ClN7O2. The molecule has 1 atom stereocenters. The van der Waals surface area contributed by atoms with Gasteiger partial charge in [0.15, 0.2) is 0 Å². The standard InChI is InChI=1S/C18H18ClN7O2/c1-12(25-3-2-13(19)4-17(25)27)26-7-15(22-23-26)14-5-20-6-16(21-14)24-8-18(9-24)10-28-11-18/h2-7,12H,8-11H2,1H3. The summed E-state index contributed by atoms with van der Waals surface area (Å²) in [5, 5.41) is 8.78. The van der Waals surface area contributed by atoms with Crippen LogP contribution >= 0.6 is 11.6 Å². The highest BCUT2D eigenvalue weighted by Crippen LogP contribution is 2.39. The van der Waals surface area contributed by atoms with E-state index in [1.807, 2.05) is 6.92 Å². The van der Waals surface area contributed by atoms with E-state index in [9.17, 15) is 4.79 Å². The van der Waals surface area contributed by atoms with Crippen molar-refractivity contribution in [2.45, 2.75) is 13.1 Å². The molecule has 0 bridgehead atoms. The van der Waals surface area contributed by atoms with Gasteiger partial charge in [-0.05, 0) is 13.0 Å². The molecule has 10 heteroatoms. The van der Waals surface area contributed by atoms with Gasteiger partial charge in [-0.15, -0.1) is 5.10 Å². The highest BCUT2D eigenvalue weighted by molar-refractivity contribution is 6.30. The molecular weight excluding hydrogens is 382 g/mol. The largest absolute Gasteiger partial charge is 0.380 e. The summed E-state index contributed by atoms with van der Waals surface area (Å²) in [6.07, 6.45) is 6.48. The second-order valence-electron chi connectivity index (χ2n) is 7.42. The van der Waals surface area contributed by atoms with E-state index in [-0.39, 0.29) is 11.7 Å². The summed E-state index contributed by atoms with van der Waals surface area (Å²) in [6, 6.07) is 3.04. The second kappa shape index (κ2) is 6.39. The number of nitrogens with zero attached hydrogens (tertiary/aromatic N) is 7. The second-order valence-corrected chi connectivity index (χ2v) is 7.85. The summed E-state index contributed by atoms with van der Waals surface area (Å²) in [5.74, 6) is 0.826. The quantitative estimate of drug-likeness (QED) is 0.655. The first-order valence-electron chi connectivity index (χ1n) is 8.98. The number of rotatable bonds is 4. The maximum absolute atomic E-state index is 12.2. The molecule has 2 fully saturated rings. The van der Waals surface area contributed by atoms with E-state index in [4.69, 9.17) is 16.3 Å². The van der Waals surface area contributed by atoms with Gasteiger partial charge in [0.25, 0.3) is 5.56 Å². The molecule has 0 amide bonds. The summed E-state index contributed by atoms with van der Waals surface area (Å²) in [6.45, 7) is 5.39. The van der Waals surface area contributed by atoms with Crippen molar-refractivity contribution < 1.29 is 4.74 Å². The molecule has 0 aromatic carbocycles. The van der Waals surface area contributed by atoms with Crippen molar-refractivity contribution in [1.29, 1.82) is 0 Å². The third-order valence-electron chi connectivity index (χ3n) is 5.28. The van der Waals surface area contributed by atoms with E-state index < -0.39 is 0 Å². The lowest BCUT2D eigenvalue weighted by Crippen LogP contribution is -2.66. The third kappa shape index (κ3) is 2.87. The van der Waals surface area contributed by atoms with Crippen LogP contribution in [0.2, 0.25) is 5.02 Å². The Morgan fingerprint density at radius 2 is 2.07 bits per heavy atom. The molecule has 5 heterocycles. The normalized spacial score (nSPS) is 18.6. The zero-order valence-corrected chi connectivity index (χ0v) is 16.0. The summed E-state index contributed by atoms with van der Waals surface area (Å²) in [5.41, 5.74) is 1.35. The number of ether oxygens (including phenoxy) is 1. The molecule has 0 radical (unpaired) electrons. The van der Waals surface area contributed by atoms with E-state index in [1.54, 1.807) is 35.5 Å². The van der Waals surface area contributed by atoms with E-state index in [0.717, 1.165) is 32.1 Å². The van der Waals surface area contributed by atoms with Gasteiger partial charge < -0.3 is 9.64 Å². The van der Waals surface area contributed by atoms with Crippen LogP contribution in [0, 0.1) is 5.41 Å². The lowest BCUT2D eigenvalue weighted by molar-refractivity contribution is -0.127. The summed E-state index contributed by atoms with van der Waals surface area (Å²) in [7, 11) is 0. The Morgan fingerprint density at radius 1 is 1.25 bits per heavy atom. The molecule has 2 saturated heterocycles. The van der Waals surface area contributed by atoms with E-state index in [2.05, 4.69) is 25.2 Å². The fourth-order valence-corrected chi connectivity index (χ4v) is 3.76. The number of pyridine rings is 1. The van der Waals surface area contributed by atoms with Crippen LogP contribution in [-0.2, 0) is 4.74 Å². The first-order chi connectivity index (χ1) is 13.5. The molecule has 3 aromatic heterocycles. The van der Waals surface area contributed by atoms with Crippen molar-refractivity contribution in [3.8, 4) is 11.4 Å². The minimum Gasteiger partial charge on any atom is -0.380 e. The van der Waals surface area contributed by atoms with Gasteiger partial charge in [0.1, 0.15) is 23.4 Å². The summed E-state index contributed by atoms with van der Waals surface area (Å²) >= 11 is 5.87. The molecule has 0 aliphatic carbocycles. The molecule has 28 heavy (non-hydrogen) atoms. The topological polar surface area (TPSA) is 91.0 Å². The zero-order valence-electron chi connectivity index (χ0n) is 15.2. The van der Waals surface area contributed by atoms with E-state index in [0.29, 0.717) is 21.8 Å². The molecule has 0 saturated carbocycles. The van der Waals surface area contributed by atoms with Crippen LogP contribution in [0.15, 0.2) is 41.7 Å². The molecule has 1 unspecified atom stereocenters. The van der Waals surface area contributed by atoms with Crippen molar-refractivity contribution in [2.75, 3.05) is 31.2 Å². The highest BCUT2D eigenvalue weighted by Gasteiger charge is 2.49. The first kappa shape index (κ1) is 17.3. The summed E-state index contributed by atoms with van der Waals surface area (Å²) in [4.78, 5) is 23.3. The van der Waals surface area contributed by atoms with Gasteiger partial charge >= 0.3 is 0 Å². The van der Waals surface area contributed by atoms with Gasteiger partial charge in [-0.2, -0.15) is 0 Å². The smallest absolute Gasteiger partial charge is 0.253 e. The number of anilines is 1. The van der Waals surface area contributed by atoms with Gasteiger partial charge in [0.2, 0.25) is 0 Å². The summed E-state index contributed by atoms with van der Waals surface area (Å²) < 4.78 is 8.47. The van der Waals surface area contributed by atoms with Gasteiger partial charge in [-0.3, -0.25) is 14.3 Å². The maximum Gasteiger partial charge on any atom is 0.253 e. The van der Waals surface area contributed by atoms with Crippen LogP contribution in [0.3, 0.4) is 0 Å². The molecule has 5 rings (SSSR count). The Labute approximate surface area is 165 Å². The van der Waals surface area contributed by atoms with Gasteiger partial charge in [-0.25, -0.2) is 9.67 Å². The van der Waals surface area contributed by atoms with Crippen molar-refractivity contribution in [2.24, 2.45) is 5.41 Å². The zero-order chi connectivity index (χ0) is 19.3. The van der Waals surface area contributed by atoms with Gasteiger partial charge in [0, 0.05) is 30.4 Å². The molecule has 1 spiro atoms. The molecule has 9 nitrogen and oxygen atoms in total. The van der Waals surface area contributed by atoms with Crippen molar-refractivity contribution in [3.63, 3.8) is 0 Å². The van der Waals surface area contributed by atoms with Crippen molar-refractivity contribution in [3.05, 3.63) is 52.3 Å². The average Bonchev–Trinajstić information content (AvgIpc) is 3.09. The molecule has 0 N–H and O–H groups in total. The molecule has 2 aliphatic heterocycles. The van der Waals surface area contributed by atoms with Crippen LogP contribution < -0.4 is 10.5 Å². The van der Waals surface area contributed by atoms with Crippen LogP contribution in [0.5, 0.6) is 0 Å². The van der Waals surface area contributed by atoms with Crippen LogP contribution in [0.4, 0.5) is 5.82 Å². The molecule has 3 aromatic rings. The predicted molar refractivity (Wildman–Crippen MR) is 102 cm³/mol. The average molecular weight is 400 g/mol. The van der Waals surface area contributed by atoms with Gasteiger partial charge in [0.05, 0.1) is 37.2 Å². The lowest BCUT2D eigenvalue weighted by Gasteiger charge is -2.55. The predicted octanol–water partition coefficient (Wildman–Crippen LogP) is 1.45. The third-order valence-corrected chi connectivity index (χ3v) is 5.52. The molecule has 144 valence electrons. The fourth-order valence-electron chi connectivity index (χ4n) is 3.61. The number of halogens is 1. The highest BCUT2D eigenvalue weighted by atomic mass is 35.5. The number of aromatic nitrogens is 6. The Balaban J connectivity index is 1.37. The van der Waals surface area contributed by atoms with Gasteiger partial charge in [-0.1, -0.05) is 16.8 Å². The Morgan fingerprint density at radius 3 is 2.79 bits per heavy atom. The first-order valence-corrected chi connectivity index (χ1v) is 9.36. The minimum absolute atomic E-state index is 0.203. The van der Waals surface area contributed by atoms with Crippen LogP contribution in [-0.4, -0.2) is 55.8 Å².